The lowest BCUT2D eigenvalue weighted by Gasteiger charge is -2.38. The monoisotopic (exact) mass is 282 g/mol. The normalized spacial score (nSPS) is 15.4. The van der Waals surface area contributed by atoms with Gasteiger partial charge in [-0.1, -0.05) is 31.4 Å². The molecule has 0 atom stereocenters. The number of carbonyl (C=O) groups is 1. The third-order valence-electron chi connectivity index (χ3n) is 3.21. The Labute approximate surface area is 118 Å². The van der Waals surface area contributed by atoms with Crippen LogP contribution in [0.5, 0.6) is 0 Å². The predicted molar refractivity (Wildman–Crippen MR) is 74.4 cm³/mol. The lowest BCUT2D eigenvalue weighted by Crippen LogP contribution is -2.54. The van der Waals surface area contributed by atoms with Crippen molar-refractivity contribution in [2.75, 3.05) is 19.7 Å². The van der Waals surface area contributed by atoms with Crippen molar-refractivity contribution in [1.82, 2.24) is 9.88 Å². The molecule has 0 aromatic carbocycles. The number of pyridine rings is 1. The third-order valence-corrected chi connectivity index (χ3v) is 3.43. The summed E-state index contributed by atoms with van der Waals surface area (Å²) in [5.41, 5.74) is 0.578. The van der Waals surface area contributed by atoms with Crippen molar-refractivity contribution in [3.63, 3.8) is 0 Å². The molecule has 2 rings (SSSR count). The number of nitrogens with zero attached hydrogens (tertiary/aromatic N) is 2. The van der Waals surface area contributed by atoms with Gasteiger partial charge in [0.05, 0.1) is 11.7 Å². The minimum atomic E-state index is -0.00225. The largest absolute Gasteiger partial charge is 0.375 e. The average molecular weight is 283 g/mol. The fourth-order valence-corrected chi connectivity index (χ4v) is 2.11. The minimum Gasteiger partial charge on any atom is -0.375 e. The van der Waals surface area contributed by atoms with E-state index >= 15 is 0 Å². The van der Waals surface area contributed by atoms with Gasteiger partial charge in [0.2, 0.25) is 0 Å². The van der Waals surface area contributed by atoms with Gasteiger partial charge in [0.15, 0.2) is 0 Å². The number of unbranched alkanes of at least 4 members (excludes halogenated alkanes) is 2. The Morgan fingerprint density at radius 3 is 2.89 bits per heavy atom. The zero-order chi connectivity index (χ0) is 13.7. The van der Waals surface area contributed by atoms with Crippen LogP contribution in [0.15, 0.2) is 18.3 Å². The molecule has 104 valence electrons. The summed E-state index contributed by atoms with van der Waals surface area (Å²) in [5.74, 6) is -0.00225. The SMILES string of the molecule is CCCCCOC1CN(C(=O)c2ccc(Cl)nc2)C1. The molecule has 1 fully saturated rings. The molecule has 0 N–H and O–H groups in total. The maximum Gasteiger partial charge on any atom is 0.255 e. The van der Waals surface area contributed by atoms with E-state index in [0.29, 0.717) is 23.8 Å². The number of hydrogen-bond donors (Lipinski definition) is 0. The van der Waals surface area contributed by atoms with Crippen molar-refractivity contribution in [2.45, 2.75) is 32.3 Å². The van der Waals surface area contributed by atoms with Crippen LogP contribution in [0.3, 0.4) is 0 Å². The Hall–Kier alpha value is -1.13. The number of rotatable bonds is 6. The first-order valence-corrected chi connectivity index (χ1v) is 7.11. The Morgan fingerprint density at radius 2 is 2.26 bits per heavy atom. The summed E-state index contributed by atoms with van der Waals surface area (Å²) in [4.78, 5) is 17.7. The molecular weight excluding hydrogens is 264 g/mol. The van der Waals surface area contributed by atoms with Crippen molar-refractivity contribution in [3.05, 3.63) is 29.0 Å². The number of hydrogen-bond acceptors (Lipinski definition) is 3. The molecule has 1 amide bonds. The summed E-state index contributed by atoms with van der Waals surface area (Å²) in [6.45, 7) is 4.31. The number of carbonyl (C=O) groups excluding carboxylic acids is 1. The molecule has 2 heterocycles. The number of likely N-dealkylation sites (tertiary alicyclic amines) is 1. The van der Waals surface area contributed by atoms with E-state index in [1.54, 1.807) is 17.0 Å². The van der Waals surface area contributed by atoms with Gasteiger partial charge in [-0.05, 0) is 18.6 Å². The van der Waals surface area contributed by atoms with Crippen LogP contribution in [0.1, 0.15) is 36.5 Å². The Morgan fingerprint density at radius 1 is 1.47 bits per heavy atom. The summed E-state index contributed by atoms with van der Waals surface area (Å²) in [7, 11) is 0. The van der Waals surface area contributed by atoms with Gasteiger partial charge >= 0.3 is 0 Å². The fraction of sp³-hybridized carbons (Fsp3) is 0.571. The predicted octanol–water partition coefficient (Wildman–Crippen LogP) is 2.77. The molecule has 1 aromatic heterocycles. The van der Waals surface area contributed by atoms with Crippen LogP contribution in [-0.4, -0.2) is 41.6 Å². The van der Waals surface area contributed by atoms with Crippen LogP contribution >= 0.6 is 11.6 Å². The molecule has 0 aliphatic carbocycles. The van der Waals surface area contributed by atoms with Crippen LogP contribution < -0.4 is 0 Å². The van der Waals surface area contributed by atoms with Crippen LogP contribution in [0.2, 0.25) is 5.15 Å². The molecule has 0 saturated carbocycles. The second-order valence-electron chi connectivity index (χ2n) is 4.78. The van der Waals surface area contributed by atoms with E-state index < -0.39 is 0 Å². The number of amides is 1. The summed E-state index contributed by atoms with van der Waals surface area (Å²) in [6, 6.07) is 3.33. The average Bonchev–Trinajstić information content (AvgIpc) is 2.36. The van der Waals surface area contributed by atoms with E-state index in [0.717, 1.165) is 13.0 Å². The summed E-state index contributed by atoms with van der Waals surface area (Å²) < 4.78 is 5.68. The van der Waals surface area contributed by atoms with Crippen molar-refractivity contribution in [3.8, 4) is 0 Å². The second kappa shape index (κ2) is 6.87. The fourth-order valence-electron chi connectivity index (χ4n) is 2.00. The van der Waals surface area contributed by atoms with E-state index in [2.05, 4.69) is 11.9 Å². The lowest BCUT2D eigenvalue weighted by atomic mass is 10.1. The molecule has 0 spiro atoms. The van der Waals surface area contributed by atoms with Crippen LogP contribution in [0, 0.1) is 0 Å². The first kappa shape index (κ1) is 14.3. The number of ether oxygens (including phenoxy) is 1. The zero-order valence-electron chi connectivity index (χ0n) is 11.1. The molecule has 1 saturated heterocycles. The highest BCUT2D eigenvalue weighted by atomic mass is 35.5. The highest BCUT2D eigenvalue weighted by Gasteiger charge is 2.31. The summed E-state index contributed by atoms with van der Waals surface area (Å²) in [6.07, 6.45) is 5.21. The van der Waals surface area contributed by atoms with E-state index in [1.165, 1.54) is 19.0 Å². The van der Waals surface area contributed by atoms with Gasteiger partial charge in [-0.15, -0.1) is 0 Å². The smallest absolute Gasteiger partial charge is 0.255 e. The highest BCUT2D eigenvalue weighted by Crippen LogP contribution is 2.16. The van der Waals surface area contributed by atoms with Crippen molar-refractivity contribution in [1.29, 1.82) is 0 Å². The van der Waals surface area contributed by atoms with Gasteiger partial charge in [-0.2, -0.15) is 0 Å². The zero-order valence-corrected chi connectivity index (χ0v) is 11.9. The molecule has 1 aliphatic heterocycles. The van der Waals surface area contributed by atoms with Gasteiger partial charge in [-0.3, -0.25) is 4.79 Å². The van der Waals surface area contributed by atoms with E-state index in [1.807, 2.05) is 0 Å². The van der Waals surface area contributed by atoms with Crippen molar-refractivity contribution < 1.29 is 9.53 Å². The number of halogens is 1. The van der Waals surface area contributed by atoms with Gasteiger partial charge in [0, 0.05) is 25.9 Å². The Bertz CT molecular complexity index is 416. The second-order valence-corrected chi connectivity index (χ2v) is 5.17. The molecule has 1 aromatic rings. The van der Waals surface area contributed by atoms with Gasteiger partial charge < -0.3 is 9.64 Å². The van der Waals surface area contributed by atoms with Gasteiger partial charge in [0.25, 0.3) is 5.91 Å². The molecule has 0 unspecified atom stereocenters. The standard InChI is InChI=1S/C14H19ClN2O2/c1-2-3-4-7-19-12-9-17(10-12)14(18)11-5-6-13(15)16-8-11/h5-6,8,12H,2-4,7,9-10H2,1H3. The Balaban J connectivity index is 1.71. The minimum absolute atomic E-state index is 0.00225. The lowest BCUT2D eigenvalue weighted by molar-refractivity contribution is -0.0434. The first-order chi connectivity index (χ1) is 9.20. The van der Waals surface area contributed by atoms with E-state index in [4.69, 9.17) is 16.3 Å². The van der Waals surface area contributed by atoms with Crippen molar-refractivity contribution >= 4 is 17.5 Å². The van der Waals surface area contributed by atoms with Crippen LogP contribution in [0.4, 0.5) is 0 Å². The molecule has 0 radical (unpaired) electrons. The molecule has 19 heavy (non-hydrogen) atoms. The molecular formula is C14H19ClN2O2. The van der Waals surface area contributed by atoms with Crippen molar-refractivity contribution in [2.24, 2.45) is 0 Å². The van der Waals surface area contributed by atoms with Crippen LogP contribution in [0.25, 0.3) is 0 Å². The van der Waals surface area contributed by atoms with E-state index in [9.17, 15) is 4.79 Å². The Kier molecular flexibility index (Phi) is 5.16. The maximum absolute atomic E-state index is 12.0. The maximum atomic E-state index is 12.0. The highest BCUT2D eigenvalue weighted by molar-refractivity contribution is 6.29. The number of aromatic nitrogens is 1. The van der Waals surface area contributed by atoms with Crippen LogP contribution in [-0.2, 0) is 4.74 Å². The molecule has 5 heteroatoms. The topological polar surface area (TPSA) is 42.4 Å². The molecule has 0 bridgehead atoms. The van der Waals surface area contributed by atoms with E-state index in [-0.39, 0.29) is 12.0 Å². The summed E-state index contributed by atoms with van der Waals surface area (Å²) >= 11 is 5.69. The molecule has 1 aliphatic rings. The first-order valence-electron chi connectivity index (χ1n) is 6.73. The van der Waals surface area contributed by atoms with Gasteiger partial charge in [0.1, 0.15) is 5.15 Å². The summed E-state index contributed by atoms with van der Waals surface area (Å²) in [5, 5.41) is 0.400. The van der Waals surface area contributed by atoms with Gasteiger partial charge in [-0.25, -0.2) is 4.98 Å². The third kappa shape index (κ3) is 3.91. The molecule has 4 nitrogen and oxygen atoms in total. The quantitative estimate of drug-likeness (QED) is 0.595.